The van der Waals surface area contributed by atoms with E-state index in [0.29, 0.717) is 29.1 Å². The van der Waals surface area contributed by atoms with Crippen LogP contribution in [-0.2, 0) is 6.54 Å². The molecule has 0 aliphatic carbocycles. The van der Waals surface area contributed by atoms with Gasteiger partial charge in [0, 0.05) is 12.7 Å². The number of nitrogens with zero attached hydrogens (tertiary/aromatic N) is 4. The Kier molecular flexibility index (Phi) is 5.45. The van der Waals surface area contributed by atoms with Crippen molar-refractivity contribution in [1.82, 2.24) is 20.1 Å². The van der Waals surface area contributed by atoms with Crippen molar-refractivity contribution in [2.45, 2.75) is 13.5 Å². The number of rotatable bonds is 5. The normalized spacial score (nSPS) is 10.5. The molecule has 2 N–H and O–H groups in total. The topological polar surface area (TPSA) is 104 Å². The molecule has 0 atom stereocenters. The van der Waals surface area contributed by atoms with Crippen LogP contribution in [0.25, 0.3) is 16.9 Å². The summed E-state index contributed by atoms with van der Waals surface area (Å²) in [4.78, 5) is 16.6. The third kappa shape index (κ3) is 4.14. The van der Waals surface area contributed by atoms with E-state index in [9.17, 15) is 9.90 Å². The zero-order valence-corrected chi connectivity index (χ0v) is 16.8. The first kappa shape index (κ1) is 19.9. The highest BCUT2D eigenvalue weighted by Gasteiger charge is 2.16. The van der Waals surface area contributed by atoms with Crippen LogP contribution in [0.5, 0.6) is 5.88 Å². The van der Waals surface area contributed by atoms with E-state index in [1.54, 1.807) is 36.5 Å². The van der Waals surface area contributed by atoms with E-state index in [-0.39, 0.29) is 11.8 Å². The minimum Gasteiger partial charge on any atom is -0.493 e. The predicted octanol–water partition coefficient (Wildman–Crippen LogP) is 3.75. The molecule has 0 fully saturated rings. The van der Waals surface area contributed by atoms with E-state index in [2.05, 4.69) is 21.5 Å². The highest BCUT2D eigenvalue weighted by molar-refractivity contribution is 5.93. The lowest BCUT2D eigenvalue weighted by Gasteiger charge is -2.08. The van der Waals surface area contributed by atoms with Gasteiger partial charge in [-0.2, -0.15) is 15.0 Å². The highest BCUT2D eigenvalue weighted by Crippen LogP contribution is 2.33. The van der Waals surface area contributed by atoms with Crippen LogP contribution in [0, 0.1) is 18.3 Å². The van der Waals surface area contributed by atoms with Crippen LogP contribution in [-0.4, -0.2) is 25.8 Å². The molecule has 0 saturated carbocycles. The zero-order valence-electron chi connectivity index (χ0n) is 16.8. The van der Waals surface area contributed by atoms with Crippen molar-refractivity contribution in [3.63, 3.8) is 0 Å². The van der Waals surface area contributed by atoms with Gasteiger partial charge in [0.15, 0.2) is 5.82 Å². The van der Waals surface area contributed by atoms with Gasteiger partial charge in [-0.15, -0.1) is 0 Å². The van der Waals surface area contributed by atoms with Gasteiger partial charge < -0.3 is 10.4 Å². The lowest BCUT2D eigenvalue weighted by atomic mass is 10.0. The number of benzene rings is 2. The van der Waals surface area contributed by atoms with Crippen LogP contribution < -0.4 is 5.32 Å². The Morgan fingerprint density at radius 1 is 1.10 bits per heavy atom. The van der Waals surface area contributed by atoms with Crippen LogP contribution >= 0.6 is 0 Å². The summed E-state index contributed by atoms with van der Waals surface area (Å²) >= 11 is 0. The third-order valence-corrected chi connectivity index (χ3v) is 4.91. The molecule has 2 heterocycles. The second-order valence-electron chi connectivity index (χ2n) is 7.01. The molecular formula is C24H19N5O2. The summed E-state index contributed by atoms with van der Waals surface area (Å²) in [5.41, 5.74) is 4.14. The number of hydrogen-bond donors (Lipinski definition) is 2. The number of nitriles is 1. The van der Waals surface area contributed by atoms with E-state index >= 15 is 0 Å². The number of hydrogen-bond acceptors (Lipinski definition) is 5. The van der Waals surface area contributed by atoms with Gasteiger partial charge in [-0.25, -0.2) is 4.98 Å². The molecule has 0 bridgehead atoms. The van der Waals surface area contributed by atoms with Gasteiger partial charge in [-0.1, -0.05) is 36.4 Å². The summed E-state index contributed by atoms with van der Waals surface area (Å²) < 4.78 is 1.30. The lowest BCUT2D eigenvalue weighted by Crippen LogP contribution is -2.23. The Balaban J connectivity index is 1.52. The van der Waals surface area contributed by atoms with Crippen LogP contribution in [0.4, 0.5) is 0 Å². The molecular weight excluding hydrogens is 390 g/mol. The molecule has 7 heteroatoms. The molecule has 152 valence electrons. The van der Waals surface area contributed by atoms with Crippen LogP contribution in [0.3, 0.4) is 0 Å². The van der Waals surface area contributed by atoms with Crippen molar-refractivity contribution in [2.75, 3.05) is 0 Å². The summed E-state index contributed by atoms with van der Waals surface area (Å²) in [6.07, 6.45) is 3.00. The fourth-order valence-corrected chi connectivity index (χ4v) is 3.26. The first-order chi connectivity index (χ1) is 15.1. The smallest absolute Gasteiger partial charge is 0.253 e. The van der Waals surface area contributed by atoms with Crippen molar-refractivity contribution in [2.24, 2.45) is 0 Å². The van der Waals surface area contributed by atoms with Crippen molar-refractivity contribution in [3.05, 3.63) is 95.3 Å². The predicted molar refractivity (Wildman–Crippen MR) is 116 cm³/mol. The maximum Gasteiger partial charge on any atom is 0.253 e. The SMILES string of the molecule is Cc1cc(C#N)ccc1-c1cnn(-c2ccc(C(=O)NCc3ccccc3)cn2)c1O. The minimum atomic E-state index is -0.235. The number of amides is 1. The van der Waals surface area contributed by atoms with Crippen LogP contribution in [0.15, 0.2) is 73.1 Å². The molecule has 31 heavy (non-hydrogen) atoms. The Hall–Kier alpha value is -4.44. The fraction of sp³-hybridized carbons (Fsp3) is 0.0833. The Labute approximate surface area is 179 Å². The van der Waals surface area contributed by atoms with Crippen molar-refractivity contribution in [1.29, 1.82) is 5.26 Å². The van der Waals surface area contributed by atoms with E-state index in [1.165, 1.54) is 10.9 Å². The van der Waals surface area contributed by atoms with Crippen molar-refractivity contribution in [3.8, 4) is 28.9 Å². The largest absolute Gasteiger partial charge is 0.493 e. The molecule has 0 spiro atoms. The number of aryl methyl sites for hydroxylation is 1. The Morgan fingerprint density at radius 3 is 2.58 bits per heavy atom. The van der Waals surface area contributed by atoms with E-state index in [0.717, 1.165) is 16.7 Å². The van der Waals surface area contributed by atoms with Crippen LogP contribution in [0.2, 0.25) is 0 Å². The number of aromatic hydroxyl groups is 1. The standard InChI is InChI=1S/C24H19N5O2/c1-16-11-18(12-25)7-9-20(16)21-15-28-29(24(21)31)22-10-8-19(14-26-22)23(30)27-13-17-5-3-2-4-6-17/h2-11,14-15,31H,13H2,1H3,(H,27,30). The van der Waals surface area contributed by atoms with E-state index in [1.807, 2.05) is 37.3 Å². The second kappa shape index (κ2) is 8.51. The third-order valence-electron chi connectivity index (χ3n) is 4.91. The monoisotopic (exact) mass is 409 g/mol. The molecule has 2 aromatic heterocycles. The zero-order chi connectivity index (χ0) is 21.8. The number of carbonyl (C=O) groups is 1. The van der Waals surface area contributed by atoms with Gasteiger partial charge in [0.05, 0.1) is 29.0 Å². The summed E-state index contributed by atoms with van der Waals surface area (Å²) in [7, 11) is 0. The molecule has 0 unspecified atom stereocenters. The highest BCUT2D eigenvalue weighted by atomic mass is 16.3. The molecule has 4 aromatic rings. The number of pyridine rings is 1. The molecule has 0 aliphatic rings. The molecule has 7 nitrogen and oxygen atoms in total. The molecule has 0 aliphatic heterocycles. The molecule has 2 aromatic carbocycles. The summed E-state index contributed by atoms with van der Waals surface area (Å²) in [6, 6.07) is 20.2. The number of carbonyl (C=O) groups excluding carboxylic acids is 1. The van der Waals surface area contributed by atoms with Crippen LogP contribution in [0.1, 0.15) is 27.0 Å². The molecule has 4 rings (SSSR count). The van der Waals surface area contributed by atoms with Gasteiger partial charge >= 0.3 is 0 Å². The van der Waals surface area contributed by atoms with Crippen molar-refractivity contribution < 1.29 is 9.90 Å². The second-order valence-corrected chi connectivity index (χ2v) is 7.01. The maximum absolute atomic E-state index is 12.4. The molecule has 0 radical (unpaired) electrons. The quantitative estimate of drug-likeness (QED) is 0.522. The lowest BCUT2D eigenvalue weighted by molar-refractivity contribution is 0.0950. The first-order valence-electron chi connectivity index (χ1n) is 9.63. The first-order valence-corrected chi connectivity index (χ1v) is 9.63. The van der Waals surface area contributed by atoms with Crippen molar-refractivity contribution >= 4 is 5.91 Å². The van der Waals surface area contributed by atoms with Gasteiger partial charge in [-0.05, 0) is 47.9 Å². The average molecular weight is 409 g/mol. The van der Waals surface area contributed by atoms with Gasteiger partial charge in [0.2, 0.25) is 5.88 Å². The summed E-state index contributed by atoms with van der Waals surface area (Å²) in [5.74, 6) is 0.0812. The molecule has 1 amide bonds. The Morgan fingerprint density at radius 2 is 1.90 bits per heavy atom. The minimum absolute atomic E-state index is 0.0680. The van der Waals surface area contributed by atoms with E-state index < -0.39 is 0 Å². The van der Waals surface area contributed by atoms with Gasteiger partial charge in [0.25, 0.3) is 5.91 Å². The van der Waals surface area contributed by atoms with Gasteiger partial charge in [-0.3, -0.25) is 4.79 Å². The molecule has 0 saturated heterocycles. The maximum atomic E-state index is 12.4. The van der Waals surface area contributed by atoms with Gasteiger partial charge in [0.1, 0.15) is 0 Å². The van der Waals surface area contributed by atoms with E-state index in [4.69, 9.17) is 5.26 Å². The number of aromatic nitrogens is 3. The number of nitrogens with one attached hydrogen (secondary N) is 1. The average Bonchev–Trinajstić information content (AvgIpc) is 3.19. The summed E-state index contributed by atoms with van der Waals surface area (Å²) in [5, 5.41) is 26.8. The fourth-order valence-electron chi connectivity index (χ4n) is 3.26. The summed E-state index contributed by atoms with van der Waals surface area (Å²) in [6.45, 7) is 2.29. The Bertz CT molecular complexity index is 1270.